The second-order valence-corrected chi connectivity index (χ2v) is 9.40. The fourth-order valence-corrected chi connectivity index (χ4v) is 5.04. The fourth-order valence-electron chi connectivity index (χ4n) is 4.02. The highest BCUT2D eigenvalue weighted by Gasteiger charge is 2.21. The number of nitrogens with zero attached hydrogens (tertiary/aromatic N) is 3. The summed E-state index contributed by atoms with van der Waals surface area (Å²) in [5.74, 6) is -0.0259. The maximum atomic E-state index is 13.0. The van der Waals surface area contributed by atoms with E-state index >= 15 is 0 Å². The maximum Gasteiger partial charge on any atom is 0.409 e. The molecule has 1 fully saturated rings. The van der Waals surface area contributed by atoms with Crippen molar-refractivity contribution in [2.75, 3.05) is 57.2 Å². The zero-order valence-corrected chi connectivity index (χ0v) is 21.2. The summed E-state index contributed by atoms with van der Waals surface area (Å²) in [6, 6.07) is 7.97. The van der Waals surface area contributed by atoms with Gasteiger partial charge < -0.3 is 24.6 Å². The van der Waals surface area contributed by atoms with Crippen molar-refractivity contribution < 1.29 is 19.1 Å². The van der Waals surface area contributed by atoms with Crippen LogP contribution in [0.3, 0.4) is 0 Å². The van der Waals surface area contributed by atoms with Gasteiger partial charge in [0.2, 0.25) is 0 Å². The second-order valence-electron chi connectivity index (χ2n) is 8.51. The van der Waals surface area contributed by atoms with Gasteiger partial charge in [-0.05, 0) is 44.2 Å². The monoisotopic (exact) mass is 488 g/mol. The Morgan fingerprint density at radius 3 is 2.71 bits per heavy atom. The van der Waals surface area contributed by atoms with Crippen LogP contribution >= 0.6 is 11.3 Å². The topological polar surface area (TPSA) is 84.0 Å². The quantitative estimate of drug-likeness (QED) is 0.449. The Hall–Kier alpha value is -2.65. The van der Waals surface area contributed by atoms with Crippen LogP contribution in [0.5, 0.6) is 0 Å². The van der Waals surface area contributed by atoms with E-state index in [9.17, 15) is 9.59 Å². The lowest BCUT2D eigenvalue weighted by atomic mass is 10.0. The molecule has 0 spiro atoms. The number of rotatable bonds is 11. The summed E-state index contributed by atoms with van der Waals surface area (Å²) in [5.41, 5.74) is 2.32. The lowest BCUT2D eigenvalue weighted by molar-refractivity contribution is 0.0766. The molecule has 9 heteroatoms. The molecular formula is C25H36N4O4S. The zero-order chi connectivity index (χ0) is 24.3. The number of anilines is 2. The number of hydrogen-bond acceptors (Lipinski definition) is 7. The summed E-state index contributed by atoms with van der Waals surface area (Å²) in [7, 11) is 3.29. The van der Waals surface area contributed by atoms with Crippen LogP contribution in [-0.2, 0) is 9.47 Å². The van der Waals surface area contributed by atoms with Crippen LogP contribution < -0.4 is 10.2 Å². The van der Waals surface area contributed by atoms with Gasteiger partial charge in [-0.2, -0.15) is 0 Å². The predicted molar refractivity (Wildman–Crippen MR) is 136 cm³/mol. The Kier molecular flexibility index (Phi) is 10.2. The molecule has 1 saturated heterocycles. The Morgan fingerprint density at radius 2 is 1.97 bits per heavy atom. The molecule has 1 N–H and O–H groups in total. The predicted octanol–water partition coefficient (Wildman–Crippen LogP) is 4.98. The van der Waals surface area contributed by atoms with Crippen LogP contribution in [0.4, 0.5) is 16.2 Å². The summed E-state index contributed by atoms with van der Waals surface area (Å²) in [6.45, 7) is 5.29. The van der Waals surface area contributed by atoms with Crippen LogP contribution in [0.1, 0.15) is 60.4 Å². The number of carbonyl (C=O) groups is 2. The third kappa shape index (κ3) is 7.17. The van der Waals surface area contributed by atoms with Crippen LogP contribution in [-0.4, -0.2) is 68.9 Å². The molecule has 34 heavy (non-hydrogen) atoms. The number of hydrogen-bond donors (Lipinski definition) is 1. The highest BCUT2D eigenvalue weighted by molar-refractivity contribution is 7.10. The number of aromatic nitrogens is 1. The summed E-state index contributed by atoms with van der Waals surface area (Å²) < 4.78 is 10.1. The molecule has 0 saturated carbocycles. The van der Waals surface area contributed by atoms with Crippen molar-refractivity contribution >= 4 is 34.7 Å². The number of ether oxygens (including phenoxy) is 2. The molecule has 0 radical (unpaired) electrons. The lowest BCUT2D eigenvalue weighted by Crippen LogP contribution is -2.30. The highest BCUT2D eigenvalue weighted by Crippen LogP contribution is 2.30. The number of amides is 2. The van der Waals surface area contributed by atoms with E-state index in [1.807, 2.05) is 23.6 Å². The summed E-state index contributed by atoms with van der Waals surface area (Å²) >= 11 is 1.50. The number of benzene rings is 1. The lowest BCUT2D eigenvalue weighted by Gasteiger charge is -2.30. The first-order valence-electron chi connectivity index (χ1n) is 12.0. The van der Waals surface area contributed by atoms with Gasteiger partial charge in [0.25, 0.3) is 5.91 Å². The van der Waals surface area contributed by atoms with Crippen molar-refractivity contribution in [3.8, 4) is 0 Å². The molecule has 2 heterocycles. The van der Waals surface area contributed by atoms with Gasteiger partial charge >= 0.3 is 6.09 Å². The van der Waals surface area contributed by atoms with Crippen LogP contribution in [0.15, 0.2) is 29.6 Å². The van der Waals surface area contributed by atoms with Crippen molar-refractivity contribution in [1.82, 2.24) is 9.88 Å². The molecule has 186 valence electrons. The maximum absolute atomic E-state index is 13.0. The van der Waals surface area contributed by atoms with Gasteiger partial charge in [-0.3, -0.25) is 4.79 Å². The minimum absolute atomic E-state index is 0.168. The van der Waals surface area contributed by atoms with E-state index in [2.05, 4.69) is 28.2 Å². The molecule has 0 bridgehead atoms. The first-order chi connectivity index (χ1) is 16.5. The molecule has 1 aromatic carbocycles. The molecule has 1 unspecified atom stereocenters. The van der Waals surface area contributed by atoms with Gasteiger partial charge in [-0.1, -0.05) is 19.1 Å². The Balaban J connectivity index is 1.58. The summed E-state index contributed by atoms with van der Waals surface area (Å²) in [6.07, 6.45) is 4.87. The minimum atomic E-state index is -0.363. The fraction of sp³-hybridized carbons (Fsp3) is 0.560. The number of thiazole rings is 1. The SMILES string of the molecule is CCC(CCN(C)C(=O)OCCOC)c1nc(C(=O)Nc2ccccc2N2CCCCC2)cs1. The van der Waals surface area contributed by atoms with E-state index in [0.717, 1.165) is 42.3 Å². The van der Waals surface area contributed by atoms with E-state index in [1.54, 1.807) is 19.1 Å². The molecular weight excluding hydrogens is 452 g/mol. The van der Waals surface area contributed by atoms with Crippen LogP contribution in [0, 0.1) is 0 Å². The number of methoxy groups -OCH3 is 1. The third-order valence-corrected chi connectivity index (χ3v) is 7.09. The molecule has 0 aliphatic carbocycles. The van der Waals surface area contributed by atoms with Gasteiger partial charge in [-0.25, -0.2) is 9.78 Å². The van der Waals surface area contributed by atoms with E-state index < -0.39 is 0 Å². The van der Waals surface area contributed by atoms with Crippen LogP contribution in [0.2, 0.25) is 0 Å². The first-order valence-corrected chi connectivity index (χ1v) is 12.9. The standard InChI is InChI=1S/C25H36N4O4S/c1-4-19(12-15-28(2)25(31)33-17-16-32-3)24-27-21(18-34-24)23(30)26-20-10-6-7-11-22(20)29-13-8-5-9-14-29/h6-7,10-11,18-19H,4-5,8-9,12-17H2,1-3H3,(H,26,30). The van der Waals surface area contributed by atoms with E-state index in [-0.39, 0.29) is 24.5 Å². The Bertz CT molecular complexity index is 929. The zero-order valence-electron chi connectivity index (χ0n) is 20.4. The molecule has 1 aromatic heterocycles. The minimum Gasteiger partial charge on any atom is -0.447 e. The average Bonchev–Trinajstić information content (AvgIpc) is 3.35. The largest absolute Gasteiger partial charge is 0.447 e. The number of nitrogens with one attached hydrogen (secondary N) is 1. The Labute approximate surface area is 206 Å². The van der Waals surface area contributed by atoms with Crippen molar-refractivity contribution in [2.45, 2.75) is 44.9 Å². The van der Waals surface area contributed by atoms with Crippen molar-refractivity contribution in [2.24, 2.45) is 0 Å². The smallest absolute Gasteiger partial charge is 0.409 e. The van der Waals surface area contributed by atoms with Gasteiger partial charge in [0.05, 0.1) is 23.0 Å². The molecule has 2 amide bonds. The van der Waals surface area contributed by atoms with Crippen LogP contribution in [0.25, 0.3) is 0 Å². The number of carbonyl (C=O) groups excluding carboxylic acids is 2. The van der Waals surface area contributed by atoms with Gasteiger partial charge in [0, 0.05) is 45.1 Å². The number of piperidine rings is 1. The van der Waals surface area contributed by atoms with Gasteiger partial charge in [-0.15, -0.1) is 11.3 Å². The normalized spacial score (nSPS) is 14.5. The summed E-state index contributed by atoms with van der Waals surface area (Å²) in [4.78, 5) is 33.6. The van der Waals surface area contributed by atoms with Gasteiger partial charge in [0.1, 0.15) is 12.3 Å². The molecule has 1 aliphatic heterocycles. The highest BCUT2D eigenvalue weighted by atomic mass is 32.1. The molecule has 1 atom stereocenters. The second kappa shape index (κ2) is 13.3. The molecule has 2 aromatic rings. The molecule has 8 nitrogen and oxygen atoms in total. The van der Waals surface area contributed by atoms with Gasteiger partial charge in [0.15, 0.2) is 0 Å². The van der Waals surface area contributed by atoms with Crippen molar-refractivity contribution in [3.05, 3.63) is 40.3 Å². The van der Waals surface area contributed by atoms with E-state index in [0.29, 0.717) is 18.8 Å². The number of para-hydroxylation sites is 2. The average molecular weight is 489 g/mol. The van der Waals surface area contributed by atoms with E-state index in [1.165, 1.54) is 30.6 Å². The summed E-state index contributed by atoms with van der Waals surface area (Å²) in [5, 5.41) is 5.80. The van der Waals surface area contributed by atoms with Crippen molar-refractivity contribution in [1.29, 1.82) is 0 Å². The molecule has 1 aliphatic rings. The third-order valence-electron chi connectivity index (χ3n) is 6.08. The Morgan fingerprint density at radius 1 is 1.21 bits per heavy atom. The molecule has 3 rings (SSSR count). The first kappa shape index (κ1) is 26.0. The van der Waals surface area contributed by atoms with E-state index in [4.69, 9.17) is 9.47 Å². The van der Waals surface area contributed by atoms with Crippen molar-refractivity contribution in [3.63, 3.8) is 0 Å².